The van der Waals surface area contributed by atoms with Gasteiger partial charge >= 0.3 is 5.97 Å². The van der Waals surface area contributed by atoms with Gasteiger partial charge < -0.3 is 9.47 Å². The average molecular weight is 226 g/mol. The summed E-state index contributed by atoms with van der Waals surface area (Å²) in [6.45, 7) is 10.2. The Morgan fingerprint density at radius 3 is 2.38 bits per heavy atom. The van der Waals surface area contributed by atoms with Crippen molar-refractivity contribution in [2.45, 2.75) is 39.0 Å². The van der Waals surface area contributed by atoms with E-state index >= 15 is 0 Å². The molecule has 0 rings (SSSR count). The molecule has 0 saturated heterocycles. The molecule has 0 saturated carbocycles. The van der Waals surface area contributed by atoms with Gasteiger partial charge in [0.05, 0.1) is 19.5 Å². The SMILES string of the molecule is C=COCCCCCCOC(=O)C(=C)CC. The minimum absolute atomic E-state index is 0.266. The highest BCUT2D eigenvalue weighted by atomic mass is 16.5. The highest BCUT2D eigenvalue weighted by Gasteiger charge is 2.04. The summed E-state index contributed by atoms with van der Waals surface area (Å²) in [5.74, 6) is -0.266. The lowest BCUT2D eigenvalue weighted by Gasteiger charge is -2.05. The lowest BCUT2D eigenvalue weighted by atomic mass is 10.2. The van der Waals surface area contributed by atoms with E-state index in [4.69, 9.17) is 9.47 Å². The van der Waals surface area contributed by atoms with E-state index in [-0.39, 0.29) is 5.97 Å². The Kier molecular flexibility index (Phi) is 9.47. The standard InChI is InChI=1S/C13H22O3/c1-4-12(3)13(14)16-11-9-7-6-8-10-15-5-2/h5H,2-4,6-11H2,1H3. The van der Waals surface area contributed by atoms with Crippen molar-refractivity contribution in [3.05, 3.63) is 25.0 Å². The number of ether oxygens (including phenoxy) is 2. The van der Waals surface area contributed by atoms with Crippen molar-refractivity contribution >= 4 is 5.97 Å². The summed E-state index contributed by atoms with van der Waals surface area (Å²) in [6, 6.07) is 0. The summed E-state index contributed by atoms with van der Waals surface area (Å²) in [5, 5.41) is 0. The topological polar surface area (TPSA) is 35.5 Å². The highest BCUT2D eigenvalue weighted by Crippen LogP contribution is 2.03. The second kappa shape index (κ2) is 10.3. The Balaban J connectivity index is 3.24. The summed E-state index contributed by atoms with van der Waals surface area (Å²) in [6.07, 6.45) is 6.15. The molecule has 3 nitrogen and oxygen atoms in total. The number of carbonyl (C=O) groups is 1. The van der Waals surface area contributed by atoms with Crippen LogP contribution in [0.3, 0.4) is 0 Å². The van der Waals surface area contributed by atoms with Crippen molar-refractivity contribution in [1.29, 1.82) is 0 Å². The number of esters is 1. The largest absolute Gasteiger partial charge is 0.502 e. The van der Waals surface area contributed by atoms with Gasteiger partial charge in [-0.2, -0.15) is 0 Å². The highest BCUT2D eigenvalue weighted by molar-refractivity contribution is 5.87. The van der Waals surface area contributed by atoms with Crippen LogP contribution in [-0.4, -0.2) is 19.2 Å². The lowest BCUT2D eigenvalue weighted by Crippen LogP contribution is -2.07. The van der Waals surface area contributed by atoms with E-state index in [1.165, 1.54) is 6.26 Å². The molecule has 16 heavy (non-hydrogen) atoms. The molecule has 0 spiro atoms. The molecule has 0 aromatic heterocycles. The molecule has 0 radical (unpaired) electrons. The number of carbonyl (C=O) groups excluding carboxylic acids is 1. The van der Waals surface area contributed by atoms with Gasteiger partial charge in [-0.1, -0.05) is 20.1 Å². The van der Waals surface area contributed by atoms with Gasteiger partial charge in [-0.05, 0) is 32.1 Å². The quantitative estimate of drug-likeness (QED) is 0.248. The van der Waals surface area contributed by atoms with Crippen molar-refractivity contribution in [1.82, 2.24) is 0 Å². The van der Waals surface area contributed by atoms with Gasteiger partial charge in [0.1, 0.15) is 0 Å². The lowest BCUT2D eigenvalue weighted by molar-refractivity contribution is -0.139. The van der Waals surface area contributed by atoms with E-state index < -0.39 is 0 Å². The maximum atomic E-state index is 11.2. The number of hydrogen-bond acceptors (Lipinski definition) is 3. The first-order chi connectivity index (χ1) is 7.72. The fraction of sp³-hybridized carbons (Fsp3) is 0.615. The van der Waals surface area contributed by atoms with Gasteiger partial charge in [-0.3, -0.25) is 0 Å². The Labute approximate surface area is 98.1 Å². The first-order valence-corrected chi connectivity index (χ1v) is 5.79. The van der Waals surface area contributed by atoms with E-state index in [0.29, 0.717) is 18.6 Å². The van der Waals surface area contributed by atoms with Crippen molar-refractivity contribution in [2.75, 3.05) is 13.2 Å². The smallest absolute Gasteiger partial charge is 0.333 e. The molecule has 3 heteroatoms. The third kappa shape index (κ3) is 8.09. The summed E-state index contributed by atoms with van der Waals surface area (Å²) in [4.78, 5) is 11.2. The summed E-state index contributed by atoms with van der Waals surface area (Å²) < 4.78 is 10.0. The zero-order valence-electron chi connectivity index (χ0n) is 10.2. The summed E-state index contributed by atoms with van der Waals surface area (Å²) in [5.41, 5.74) is 0.541. The van der Waals surface area contributed by atoms with Gasteiger partial charge in [-0.25, -0.2) is 4.79 Å². The Bertz CT molecular complexity index is 221. The van der Waals surface area contributed by atoms with E-state index in [1.807, 2.05) is 6.92 Å². The van der Waals surface area contributed by atoms with Crippen LogP contribution in [0.5, 0.6) is 0 Å². The van der Waals surface area contributed by atoms with E-state index in [2.05, 4.69) is 13.2 Å². The molecule has 0 aliphatic carbocycles. The van der Waals surface area contributed by atoms with Crippen molar-refractivity contribution in [3.8, 4) is 0 Å². The van der Waals surface area contributed by atoms with E-state index in [9.17, 15) is 4.79 Å². The van der Waals surface area contributed by atoms with Gasteiger partial charge in [0.15, 0.2) is 0 Å². The zero-order chi connectivity index (χ0) is 12.2. The maximum Gasteiger partial charge on any atom is 0.333 e. The number of hydrogen-bond donors (Lipinski definition) is 0. The van der Waals surface area contributed by atoms with Crippen LogP contribution in [0, 0.1) is 0 Å². The molecule has 0 aliphatic heterocycles. The van der Waals surface area contributed by atoms with E-state index in [0.717, 1.165) is 32.3 Å². The molecule has 0 bridgehead atoms. The molecular weight excluding hydrogens is 204 g/mol. The van der Waals surface area contributed by atoms with Crippen LogP contribution in [0.25, 0.3) is 0 Å². The first-order valence-electron chi connectivity index (χ1n) is 5.79. The second-order valence-corrected chi connectivity index (χ2v) is 3.54. The molecule has 0 heterocycles. The molecule has 0 amide bonds. The minimum Gasteiger partial charge on any atom is -0.502 e. The van der Waals surface area contributed by atoms with Gasteiger partial charge in [0, 0.05) is 5.57 Å². The van der Waals surface area contributed by atoms with Crippen LogP contribution >= 0.6 is 0 Å². The Morgan fingerprint density at radius 1 is 1.19 bits per heavy atom. The van der Waals surface area contributed by atoms with Gasteiger partial charge in [0.25, 0.3) is 0 Å². The summed E-state index contributed by atoms with van der Waals surface area (Å²) in [7, 11) is 0. The molecule has 0 aromatic rings. The summed E-state index contributed by atoms with van der Waals surface area (Å²) >= 11 is 0. The Hall–Kier alpha value is -1.25. The normalized spacial score (nSPS) is 9.56. The van der Waals surface area contributed by atoms with Crippen LogP contribution in [0.15, 0.2) is 25.0 Å². The zero-order valence-corrected chi connectivity index (χ0v) is 10.2. The van der Waals surface area contributed by atoms with Crippen molar-refractivity contribution in [3.63, 3.8) is 0 Å². The van der Waals surface area contributed by atoms with Gasteiger partial charge in [-0.15, -0.1) is 0 Å². The first kappa shape index (κ1) is 14.8. The maximum absolute atomic E-state index is 11.2. The predicted octanol–water partition coefficient (Wildman–Crippen LogP) is 3.22. The van der Waals surface area contributed by atoms with E-state index in [1.54, 1.807) is 0 Å². The number of unbranched alkanes of at least 4 members (excludes halogenated alkanes) is 3. The molecule has 0 aromatic carbocycles. The molecule has 0 atom stereocenters. The predicted molar refractivity (Wildman–Crippen MR) is 65.0 cm³/mol. The van der Waals surface area contributed by atoms with Crippen LogP contribution in [0.2, 0.25) is 0 Å². The van der Waals surface area contributed by atoms with Crippen LogP contribution < -0.4 is 0 Å². The fourth-order valence-corrected chi connectivity index (χ4v) is 1.14. The van der Waals surface area contributed by atoms with Crippen LogP contribution in [0.4, 0.5) is 0 Å². The molecular formula is C13H22O3. The van der Waals surface area contributed by atoms with Crippen LogP contribution in [0.1, 0.15) is 39.0 Å². The molecule has 0 N–H and O–H groups in total. The Morgan fingerprint density at radius 2 is 1.81 bits per heavy atom. The molecule has 92 valence electrons. The van der Waals surface area contributed by atoms with Crippen LogP contribution in [-0.2, 0) is 14.3 Å². The number of rotatable bonds is 10. The molecule has 0 fully saturated rings. The molecule has 0 unspecified atom stereocenters. The van der Waals surface area contributed by atoms with Crippen molar-refractivity contribution in [2.24, 2.45) is 0 Å². The second-order valence-electron chi connectivity index (χ2n) is 3.54. The third-order valence-electron chi connectivity index (χ3n) is 2.22. The minimum atomic E-state index is -0.266. The van der Waals surface area contributed by atoms with Crippen molar-refractivity contribution < 1.29 is 14.3 Å². The fourth-order valence-electron chi connectivity index (χ4n) is 1.14. The van der Waals surface area contributed by atoms with Gasteiger partial charge in [0.2, 0.25) is 0 Å². The average Bonchev–Trinajstić information content (AvgIpc) is 2.31. The monoisotopic (exact) mass is 226 g/mol. The third-order valence-corrected chi connectivity index (χ3v) is 2.22. The molecule has 0 aliphatic rings.